The van der Waals surface area contributed by atoms with Crippen LogP contribution >= 0.6 is 46.9 Å². The van der Waals surface area contributed by atoms with Crippen molar-refractivity contribution in [2.45, 2.75) is 31.1 Å². The topological polar surface area (TPSA) is 45.7 Å². The molecule has 0 bridgehead atoms. The molecule has 2 aromatic rings. The highest BCUT2D eigenvalue weighted by molar-refractivity contribution is 14.0. The molecule has 3 rings (SSSR count). The largest absolute Gasteiger partial charge is 0.381 e. The molecule has 0 aliphatic carbocycles. The Kier molecular flexibility index (Phi) is 9.53. The van der Waals surface area contributed by atoms with Crippen LogP contribution in [0, 0.1) is 0 Å². The van der Waals surface area contributed by atoms with Crippen LogP contribution in [-0.4, -0.2) is 39.3 Å². The Morgan fingerprint density at radius 2 is 1.96 bits per heavy atom. The Bertz CT molecular complexity index is 748. The summed E-state index contributed by atoms with van der Waals surface area (Å²) in [7, 11) is 1.82. The molecule has 1 fully saturated rings. The minimum atomic E-state index is -0.0341. The van der Waals surface area contributed by atoms with E-state index >= 15 is 0 Å². The van der Waals surface area contributed by atoms with Crippen LogP contribution in [0.3, 0.4) is 0 Å². The third-order valence-corrected chi connectivity index (χ3v) is 6.75. The molecule has 1 aliphatic rings. The molecule has 1 atom stereocenters. The molecule has 4 nitrogen and oxygen atoms in total. The Morgan fingerprint density at radius 3 is 2.61 bits per heavy atom. The van der Waals surface area contributed by atoms with Crippen molar-refractivity contribution in [1.82, 2.24) is 10.6 Å². The average Bonchev–Trinajstić information content (AvgIpc) is 3.24. The summed E-state index contributed by atoms with van der Waals surface area (Å²) in [4.78, 5) is 5.79. The summed E-state index contributed by atoms with van der Waals surface area (Å²) in [6, 6.07) is 12.4. The van der Waals surface area contributed by atoms with Gasteiger partial charge in [-0.25, -0.2) is 0 Å². The molecule has 1 saturated heterocycles. The van der Waals surface area contributed by atoms with E-state index in [4.69, 9.17) is 16.3 Å². The summed E-state index contributed by atoms with van der Waals surface area (Å²) in [6.07, 6.45) is 1.90. The first-order chi connectivity index (χ1) is 13.1. The first-order valence-corrected chi connectivity index (χ1v) is 10.7. The van der Waals surface area contributed by atoms with Gasteiger partial charge in [0.15, 0.2) is 5.96 Å². The Morgan fingerprint density at radius 1 is 1.21 bits per heavy atom. The van der Waals surface area contributed by atoms with Gasteiger partial charge in [0.2, 0.25) is 0 Å². The minimum Gasteiger partial charge on any atom is -0.381 e. The number of nitrogens with one attached hydrogen (secondary N) is 2. The van der Waals surface area contributed by atoms with Gasteiger partial charge in [0, 0.05) is 54.6 Å². The van der Waals surface area contributed by atoms with Crippen molar-refractivity contribution in [1.29, 1.82) is 0 Å². The highest BCUT2D eigenvalue weighted by Gasteiger charge is 2.36. The molecule has 1 unspecified atom stereocenters. The van der Waals surface area contributed by atoms with Gasteiger partial charge in [-0.3, -0.25) is 4.99 Å². The maximum Gasteiger partial charge on any atom is 0.191 e. The average molecular weight is 534 g/mol. The Labute approximate surface area is 194 Å². The van der Waals surface area contributed by atoms with Crippen molar-refractivity contribution >= 4 is 52.9 Å². The fraction of sp³-hybridized carbons (Fsp3) is 0.476. The second kappa shape index (κ2) is 11.4. The van der Waals surface area contributed by atoms with Gasteiger partial charge in [-0.2, -0.15) is 0 Å². The number of hydrogen-bond donors (Lipinski definition) is 2. The van der Waals surface area contributed by atoms with E-state index in [1.165, 1.54) is 10.4 Å². The third-order valence-electron chi connectivity index (χ3n) is 5.32. The predicted molar refractivity (Wildman–Crippen MR) is 131 cm³/mol. The summed E-state index contributed by atoms with van der Waals surface area (Å²) in [5.41, 5.74) is 1.16. The molecule has 1 aliphatic heterocycles. The lowest BCUT2D eigenvalue weighted by Gasteiger charge is -2.38. The molecule has 0 spiro atoms. The number of thiophene rings is 1. The van der Waals surface area contributed by atoms with Gasteiger partial charge in [0.25, 0.3) is 0 Å². The Hall–Kier alpha value is -0.830. The molecule has 0 radical (unpaired) electrons. The van der Waals surface area contributed by atoms with Crippen LogP contribution in [0.5, 0.6) is 0 Å². The van der Waals surface area contributed by atoms with Crippen LogP contribution in [0.4, 0.5) is 0 Å². The first-order valence-electron chi connectivity index (χ1n) is 9.45. The monoisotopic (exact) mass is 533 g/mol. The number of guanidine groups is 1. The summed E-state index contributed by atoms with van der Waals surface area (Å²) < 4.78 is 5.62. The number of benzene rings is 1. The van der Waals surface area contributed by atoms with Crippen molar-refractivity contribution < 1.29 is 4.74 Å². The van der Waals surface area contributed by atoms with Crippen molar-refractivity contribution in [3.05, 3.63) is 57.2 Å². The van der Waals surface area contributed by atoms with Crippen LogP contribution < -0.4 is 10.6 Å². The zero-order chi connectivity index (χ0) is 19.1. The molecule has 28 heavy (non-hydrogen) atoms. The molecule has 1 aromatic carbocycles. The molecular weight excluding hydrogens is 505 g/mol. The molecule has 0 amide bonds. The van der Waals surface area contributed by atoms with Gasteiger partial charge in [0.1, 0.15) is 0 Å². The smallest absolute Gasteiger partial charge is 0.191 e. The quantitative estimate of drug-likeness (QED) is 0.311. The second-order valence-corrected chi connectivity index (χ2v) is 8.48. The summed E-state index contributed by atoms with van der Waals surface area (Å²) in [5, 5.41) is 9.95. The van der Waals surface area contributed by atoms with Crippen LogP contribution in [0.1, 0.15) is 36.1 Å². The van der Waals surface area contributed by atoms with Crippen molar-refractivity contribution in [3.63, 3.8) is 0 Å². The van der Waals surface area contributed by atoms with Gasteiger partial charge in [0.05, 0.1) is 0 Å². The standard InChI is InChI=1S/C21H28ClN3OS.HI/c1-16(19-8-5-13-27-19)14-24-20(23-2)25-15-21(9-11-26-12-10-21)17-6-3-4-7-18(17)22;/h3-8,13,16H,9-12,14-15H2,1-2H3,(H2,23,24,25);1H. The number of rotatable bonds is 6. The second-order valence-electron chi connectivity index (χ2n) is 7.10. The summed E-state index contributed by atoms with van der Waals surface area (Å²) in [6.45, 7) is 5.38. The maximum atomic E-state index is 6.54. The van der Waals surface area contributed by atoms with Gasteiger partial charge < -0.3 is 15.4 Å². The van der Waals surface area contributed by atoms with E-state index in [2.05, 4.69) is 52.2 Å². The van der Waals surface area contributed by atoms with Crippen molar-refractivity contribution in [2.24, 2.45) is 4.99 Å². The molecule has 0 saturated carbocycles. The fourth-order valence-electron chi connectivity index (χ4n) is 3.59. The van der Waals surface area contributed by atoms with Crippen molar-refractivity contribution in [3.8, 4) is 0 Å². The van der Waals surface area contributed by atoms with Crippen LogP contribution in [0.25, 0.3) is 0 Å². The highest BCUT2D eigenvalue weighted by atomic mass is 127. The Balaban J connectivity index is 0.00000280. The molecule has 154 valence electrons. The number of aliphatic imine (C=N–C) groups is 1. The van der Waals surface area contributed by atoms with Gasteiger partial charge in [-0.05, 0) is 35.9 Å². The molecular formula is C21H29ClIN3OS. The third kappa shape index (κ3) is 5.84. The van der Waals surface area contributed by atoms with Crippen LogP contribution in [0.2, 0.25) is 5.02 Å². The maximum absolute atomic E-state index is 6.54. The lowest BCUT2D eigenvalue weighted by molar-refractivity contribution is 0.0514. The number of nitrogens with zero attached hydrogens (tertiary/aromatic N) is 1. The first kappa shape index (κ1) is 23.4. The normalized spacial score (nSPS) is 17.5. The number of halogens is 2. The lowest BCUT2D eigenvalue weighted by atomic mass is 9.74. The van der Waals surface area contributed by atoms with Crippen molar-refractivity contribution in [2.75, 3.05) is 33.4 Å². The van der Waals surface area contributed by atoms with E-state index in [9.17, 15) is 0 Å². The SMILES string of the molecule is CN=C(NCC(C)c1cccs1)NCC1(c2ccccc2Cl)CCOCC1.I. The number of ether oxygens (including phenoxy) is 1. The molecule has 7 heteroatoms. The van der Waals surface area contributed by atoms with Gasteiger partial charge >= 0.3 is 0 Å². The molecule has 1 aromatic heterocycles. The molecule has 2 heterocycles. The highest BCUT2D eigenvalue weighted by Crippen LogP contribution is 2.38. The van der Waals surface area contributed by atoms with E-state index in [-0.39, 0.29) is 29.4 Å². The zero-order valence-corrected chi connectivity index (χ0v) is 20.3. The summed E-state index contributed by atoms with van der Waals surface area (Å²) >= 11 is 8.34. The minimum absolute atomic E-state index is 0. The zero-order valence-electron chi connectivity index (χ0n) is 16.4. The van der Waals surface area contributed by atoms with E-state index in [0.717, 1.165) is 50.1 Å². The van der Waals surface area contributed by atoms with E-state index < -0.39 is 0 Å². The lowest BCUT2D eigenvalue weighted by Crippen LogP contribution is -2.48. The van der Waals surface area contributed by atoms with Gasteiger partial charge in [-0.1, -0.05) is 42.8 Å². The van der Waals surface area contributed by atoms with E-state index in [1.54, 1.807) is 11.3 Å². The predicted octanol–water partition coefficient (Wildman–Crippen LogP) is 5.04. The summed E-state index contributed by atoms with van der Waals surface area (Å²) in [5.74, 6) is 1.28. The van der Waals surface area contributed by atoms with Gasteiger partial charge in [-0.15, -0.1) is 35.3 Å². The number of hydrogen-bond acceptors (Lipinski definition) is 3. The fourth-order valence-corrected chi connectivity index (χ4v) is 4.71. The van der Waals surface area contributed by atoms with E-state index in [0.29, 0.717) is 5.92 Å². The molecule has 2 N–H and O–H groups in total. The van der Waals surface area contributed by atoms with Crippen LogP contribution in [-0.2, 0) is 10.2 Å². The van der Waals surface area contributed by atoms with Crippen LogP contribution in [0.15, 0.2) is 46.8 Å². The van der Waals surface area contributed by atoms with E-state index in [1.807, 2.05) is 19.2 Å².